The molecule has 32 heavy (non-hydrogen) atoms. The largest absolute Gasteiger partial charge is 0.491 e. The number of aliphatic hydroxyl groups excluding tert-OH is 1. The highest BCUT2D eigenvalue weighted by Gasteiger charge is 2.25. The number of nitrogens with zero attached hydrogens (tertiary/aromatic N) is 4. The van der Waals surface area contributed by atoms with Crippen LogP contribution in [0.15, 0.2) is 42.9 Å². The summed E-state index contributed by atoms with van der Waals surface area (Å²) in [5, 5.41) is 13.4. The molecule has 0 unspecified atom stereocenters. The SMILES string of the molecule is COc1cnc(-c2cc(Cl)ccc2F)nc1Nc1ccncc1C(=O)N1CCC[C@@H](O)C1. The number of pyridine rings is 1. The topological polar surface area (TPSA) is 100 Å². The number of rotatable bonds is 5. The van der Waals surface area contributed by atoms with E-state index >= 15 is 0 Å². The minimum atomic E-state index is -0.544. The van der Waals surface area contributed by atoms with Crippen LogP contribution in [0.2, 0.25) is 5.02 Å². The molecule has 4 rings (SSSR count). The van der Waals surface area contributed by atoms with Gasteiger partial charge in [-0.3, -0.25) is 9.78 Å². The summed E-state index contributed by atoms with van der Waals surface area (Å²) in [5.41, 5.74) is 0.897. The van der Waals surface area contributed by atoms with Gasteiger partial charge in [0.05, 0.1) is 36.2 Å². The Balaban J connectivity index is 1.69. The van der Waals surface area contributed by atoms with Gasteiger partial charge in [0.1, 0.15) is 5.82 Å². The number of β-amino-alcohol motifs (C(OH)–C–C–N with tert-alkyl or cyclic N) is 1. The lowest BCUT2D eigenvalue weighted by molar-refractivity contribution is 0.0474. The lowest BCUT2D eigenvalue weighted by atomic mass is 10.1. The first kappa shape index (κ1) is 21.9. The molecule has 2 aromatic heterocycles. The zero-order valence-corrected chi connectivity index (χ0v) is 18.0. The van der Waals surface area contributed by atoms with Gasteiger partial charge in [-0.05, 0) is 37.1 Å². The number of hydrogen-bond acceptors (Lipinski definition) is 7. The molecule has 1 aliphatic rings. The van der Waals surface area contributed by atoms with Crippen LogP contribution in [-0.2, 0) is 0 Å². The molecule has 166 valence electrons. The fourth-order valence-electron chi connectivity index (χ4n) is 3.52. The van der Waals surface area contributed by atoms with E-state index in [-0.39, 0.29) is 29.7 Å². The predicted octanol–water partition coefficient (Wildman–Crippen LogP) is 3.68. The number of halogens is 2. The van der Waals surface area contributed by atoms with E-state index in [9.17, 15) is 14.3 Å². The maximum atomic E-state index is 14.3. The highest BCUT2D eigenvalue weighted by atomic mass is 35.5. The van der Waals surface area contributed by atoms with Gasteiger partial charge in [0.25, 0.3) is 5.91 Å². The normalized spacial score (nSPS) is 16.0. The van der Waals surface area contributed by atoms with E-state index in [1.165, 1.54) is 43.9 Å². The predicted molar refractivity (Wildman–Crippen MR) is 118 cm³/mol. The van der Waals surface area contributed by atoms with Crippen molar-refractivity contribution in [2.75, 3.05) is 25.5 Å². The number of likely N-dealkylation sites (tertiary alicyclic amines) is 1. The number of amides is 1. The Bertz CT molecular complexity index is 1150. The molecule has 0 aliphatic carbocycles. The van der Waals surface area contributed by atoms with Crippen LogP contribution in [0, 0.1) is 5.82 Å². The number of benzene rings is 1. The molecule has 0 radical (unpaired) electrons. The molecule has 0 saturated carbocycles. The first-order valence-electron chi connectivity index (χ1n) is 10.0. The summed E-state index contributed by atoms with van der Waals surface area (Å²) in [5.74, 6) is -0.118. The van der Waals surface area contributed by atoms with Crippen LogP contribution in [0.3, 0.4) is 0 Å². The van der Waals surface area contributed by atoms with Crippen molar-refractivity contribution in [1.82, 2.24) is 19.9 Å². The number of carbonyl (C=O) groups is 1. The minimum absolute atomic E-state index is 0.106. The van der Waals surface area contributed by atoms with E-state index in [0.717, 1.165) is 6.42 Å². The average Bonchev–Trinajstić information content (AvgIpc) is 2.80. The van der Waals surface area contributed by atoms with Gasteiger partial charge in [0.2, 0.25) is 0 Å². The molecule has 1 amide bonds. The Hall–Kier alpha value is -3.30. The summed E-state index contributed by atoms with van der Waals surface area (Å²) in [6, 6.07) is 5.75. The maximum absolute atomic E-state index is 14.3. The third-order valence-corrected chi connectivity index (χ3v) is 5.37. The molecule has 1 aliphatic heterocycles. The monoisotopic (exact) mass is 457 g/mol. The fraction of sp³-hybridized carbons (Fsp3) is 0.273. The Morgan fingerprint density at radius 3 is 2.97 bits per heavy atom. The van der Waals surface area contributed by atoms with Crippen LogP contribution < -0.4 is 10.1 Å². The first-order valence-corrected chi connectivity index (χ1v) is 10.4. The van der Waals surface area contributed by atoms with Gasteiger partial charge in [-0.15, -0.1) is 0 Å². The van der Waals surface area contributed by atoms with Crippen molar-refractivity contribution < 1.29 is 19.0 Å². The van der Waals surface area contributed by atoms with Crippen LogP contribution in [-0.4, -0.2) is 57.2 Å². The van der Waals surface area contributed by atoms with Crippen molar-refractivity contribution >= 4 is 29.0 Å². The van der Waals surface area contributed by atoms with Crippen LogP contribution in [0.1, 0.15) is 23.2 Å². The van der Waals surface area contributed by atoms with Crippen molar-refractivity contribution in [2.24, 2.45) is 0 Å². The summed E-state index contributed by atoms with van der Waals surface area (Å²) >= 11 is 6.01. The number of anilines is 2. The second-order valence-electron chi connectivity index (χ2n) is 7.33. The summed E-state index contributed by atoms with van der Waals surface area (Å²) in [7, 11) is 1.46. The van der Waals surface area contributed by atoms with Crippen molar-refractivity contribution in [3.63, 3.8) is 0 Å². The van der Waals surface area contributed by atoms with Gasteiger partial charge < -0.3 is 20.1 Å². The molecule has 10 heteroatoms. The minimum Gasteiger partial charge on any atom is -0.491 e. The van der Waals surface area contributed by atoms with E-state index in [1.54, 1.807) is 11.0 Å². The van der Waals surface area contributed by atoms with Gasteiger partial charge >= 0.3 is 0 Å². The Morgan fingerprint density at radius 1 is 1.34 bits per heavy atom. The molecule has 1 atom stereocenters. The molecule has 2 N–H and O–H groups in total. The third-order valence-electron chi connectivity index (χ3n) is 5.13. The third kappa shape index (κ3) is 4.63. The molecule has 3 heterocycles. The summed E-state index contributed by atoms with van der Waals surface area (Å²) in [6.45, 7) is 0.821. The number of aliphatic hydroxyl groups is 1. The zero-order valence-electron chi connectivity index (χ0n) is 17.3. The highest BCUT2D eigenvalue weighted by Crippen LogP contribution is 2.31. The second kappa shape index (κ2) is 9.46. The van der Waals surface area contributed by atoms with Gasteiger partial charge in [0.15, 0.2) is 17.4 Å². The number of nitrogens with one attached hydrogen (secondary N) is 1. The van der Waals surface area contributed by atoms with Gasteiger partial charge in [0, 0.05) is 30.5 Å². The van der Waals surface area contributed by atoms with E-state index < -0.39 is 11.9 Å². The summed E-state index contributed by atoms with van der Waals surface area (Å²) in [6.07, 6.45) is 5.26. The molecule has 3 aromatic rings. The summed E-state index contributed by atoms with van der Waals surface area (Å²) in [4.78, 5) is 27.3. The van der Waals surface area contributed by atoms with Crippen molar-refractivity contribution in [3.8, 4) is 17.1 Å². The van der Waals surface area contributed by atoms with Crippen LogP contribution in [0.25, 0.3) is 11.4 Å². The molecule has 1 aromatic carbocycles. The van der Waals surface area contributed by atoms with Gasteiger partial charge in [-0.1, -0.05) is 11.6 Å². The molecule has 1 fully saturated rings. The number of carbonyl (C=O) groups excluding carboxylic acids is 1. The molecular formula is C22H21ClFN5O3. The Kier molecular flexibility index (Phi) is 6.48. The number of piperidine rings is 1. The van der Waals surface area contributed by atoms with E-state index in [0.29, 0.717) is 35.0 Å². The van der Waals surface area contributed by atoms with E-state index in [1.807, 2.05) is 0 Å². The lowest BCUT2D eigenvalue weighted by Gasteiger charge is -2.30. The van der Waals surface area contributed by atoms with Crippen molar-refractivity contribution in [2.45, 2.75) is 18.9 Å². The van der Waals surface area contributed by atoms with Crippen molar-refractivity contribution in [1.29, 1.82) is 0 Å². The number of hydrogen-bond donors (Lipinski definition) is 2. The average molecular weight is 458 g/mol. The number of aromatic nitrogens is 3. The standard InChI is InChI=1S/C22H21ClFN5O3/c1-32-19-11-26-20(15-9-13(23)4-5-17(15)24)28-21(19)27-18-6-7-25-10-16(18)22(31)29-8-2-3-14(30)12-29/h4-7,9-11,14,30H,2-3,8,12H2,1H3,(H,25,26,27,28)/t14-/m1/s1. The highest BCUT2D eigenvalue weighted by molar-refractivity contribution is 6.30. The van der Waals surface area contributed by atoms with Gasteiger partial charge in [-0.25, -0.2) is 14.4 Å². The molecule has 1 saturated heterocycles. The van der Waals surface area contributed by atoms with Gasteiger partial charge in [-0.2, -0.15) is 0 Å². The smallest absolute Gasteiger partial charge is 0.257 e. The number of ether oxygens (including phenoxy) is 1. The van der Waals surface area contributed by atoms with Crippen LogP contribution in [0.4, 0.5) is 15.9 Å². The Labute approximate surface area is 189 Å². The van der Waals surface area contributed by atoms with E-state index in [4.69, 9.17) is 16.3 Å². The zero-order chi connectivity index (χ0) is 22.7. The van der Waals surface area contributed by atoms with Crippen LogP contribution in [0.5, 0.6) is 5.75 Å². The Morgan fingerprint density at radius 2 is 2.19 bits per heavy atom. The molecule has 0 spiro atoms. The molecule has 0 bridgehead atoms. The quantitative estimate of drug-likeness (QED) is 0.602. The molecular weight excluding hydrogens is 437 g/mol. The van der Waals surface area contributed by atoms with E-state index in [2.05, 4.69) is 20.3 Å². The summed E-state index contributed by atoms with van der Waals surface area (Å²) < 4.78 is 19.7. The lowest BCUT2D eigenvalue weighted by Crippen LogP contribution is -2.42. The first-order chi connectivity index (χ1) is 15.5. The second-order valence-corrected chi connectivity index (χ2v) is 7.76. The van der Waals surface area contributed by atoms with Crippen molar-refractivity contribution in [3.05, 3.63) is 59.3 Å². The number of methoxy groups -OCH3 is 1. The fourth-order valence-corrected chi connectivity index (χ4v) is 3.69. The maximum Gasteiger partial charge on any atom is 0.257 e. The molecule has 8 nitrogen and oxygen atoms in total. The van der Waals surface area contributed by atoms with Crippen LogP contribution >= 0.6 is 11.6 Å².